The molecule has 4 heteroatoms. The minimum absolute atomic E-state index is 0.325. The summed E-state index contributed by atoms with van der Waals surface area (Å²) < 4.78 is 10.9. The highest BCUT2D eigenvalue weighted by Crippen LogP contribution is 2.16. The van der Waals surface area contributed by atoms with Gasteiger partial charge < -0.3 is 14.6 Å². The number of rotatable bonds is 18. The van der Waals surface area contributed by atoms with Gasteiger partial charge in [0.2, 0.25) is 0 Å². The second kappa shape index (κ2) is 18.1. The van der Waals surface area contributed by atoms with E-state index in [2.05, 4.69) is 6.92 Å². The van der Waals surface area contributed by atoms with Gasteiger partial charge in [-0.1, -0.05) is 101 Å². The number of hydrogen-bond acceptors (Lipinski definition) is 4. The lowest BCUT2D eigenvalue weighted by Crippen LogP contribution is -2.27. The van der Waals surface area contributed by atoms with Crippen molar-refractivity contribution in [3.8, 4) is 0 Å². The summed E-state index contributed by atoms with van der Waals surface area (Å²) in [6.45, 7) is 4.79. The van der Waals surface area contributed by atoms with Crippen LogP contribution in [-0.2, 0) is 20.9 Å². The molecule has 30 heavy (non-hydrogen) atoms. The third-order valence-corrected chi connectivity index (χ3v) is 5.25. The molecule has 1 aromatic carbocycles. The van der Waals surface area contributed by atoms with E-state index in [0.29, 0.717) is 13.2 Å². The van der Waals surface area contributed by atoms with Crippen LogP contribution in [0.3, 0.4) is 0 Å². The van der Waals surface area contributed by atoms with Gasteiger partial charge in [0.15, 0.2) is 0 Å². The summed E-state index contributed by atoms with van der Waals surface area (Å²) >= 11 is 0. The van der Waals surface area contributed by atoms with E-state index in [4.69, 9.17) is 9.47 Å². The second-order valence-corrected chi connectivity index (χ2v) is 7.91. The zero-order chi connectivity index (χ0) is 21.9. The van der Waals surface area contributed by atoms with Gasteiger partial charge in [0.1, 0.15) is 0 Å². The summed E-state index contributed by atoms with van der Waals surface area (Å²) in [4.78, 5) is 11.5. The molecule has 1 N–H and O–H groups in total. The maximum atomic E-state index is 11.5. The quantitative estimate of drug-likeness (QED) is 0.171. The van der Waals surface area contributed by atoms with Gasteiger partial charge in [-0.15, -0.1) is 0 Å². The molecule has 1 rings (SSSR count). The van der Waals surface area contributed by atoms with Crippen LogP contribution >= 0.6 is 0 Å². The van der Waals surface area contributed by atoms with Crippen molar-refractivity contribution in [1.82, 2.24) is 0 Å². The molecule has 0 saturated carbocycles. The standard InChI is InChI=1S/C26H42O4/c1-3-5-6-7-8-9-10-11-12-16-19-25(24(27)20-21-26(28)29-4-2)30-22-23-17-14-13-15-18-23/h13-15,17-18,20-21,24-25,27H,3-12,16,19,22H2,1-2H3/b21-20+/t24-,25-/m1/s1. The fraction of sp³-hybridized carbons (Fsp3) is 0.654. The van der Waals surface area contributed by atoms with Crippen LogP contribution in [0.15, 0.2) is 42.5 Å². The van der Waals surface area contributed by atoms with Gasteiger partial charge in [0.05, 0.1) is 25.4 Å². The Balaban J connectivity index is 2.36. The number of esters is 1. The third-order valence-electron chi connectivity index (χ3n) is 5.25. The van der Waals surface area contributed by atoms with Crippen molar-refractivity contribution in [2.24, 2.45) is 0 Å². The molecule has 4 nitrogen and oxygen atoms in total. The average Bonchev–Trinajstić information content (AvgIpc) is 2.76. The fourth-order valence-electron chi connectivity index (χ4n) is 3.45. The number of carbonyl (C=O) groups excluding carboxylic acids is 1. The molecule has 2 atom stereocenters. The Morgan fingerprint density at radius 3 is 2.13 bits per heavy atom. The summed E-state index contributed by atoms with van der Waals surface area (Å²) in [5, 5.41) is 10.5. The van der Waals surface area contributed by atoms with E-state index >= 15 is 0 Å². The summed E-state index contributed by atoms with van der Waals surface area (Å²) in [7, 11) is 0. The van der Waals surface area contributed by atoms with E-state index in [0.717, 1.165) is 24.8 Å². The predicted octanol–water partition coefficient (Wildman–Crippen LogP) is 6.36. The van der Waals surface area contributed by atoms with Gasteiger partial charge in [-0.2, -0.15) is 0 Å². The van der Waals surface area contributed by atoms with Crippen LogP contribution in [0.1, 0.15) is 90.0 Å². The van der Waals surface area contributed by atoms with Crippen LogP contribution in [0.4, 0.5) is 0 Å². The molecule has 0 unspecified atom stereocenters. The minimum atomic E-state index is -0.823. The first kappa shape index (κ1) is 26.4. The molecule has 0 amide bonds. The Hall–Kier alpha value is -1.65. The third kappa shape index (κ3) is 13.6. The lowest BCUT2D eigenvalue weighted by atomic mass is 10.0. The van der Waals surface area contributed by atoms with Crippen molar-refractivity contribution in [2.45, 2.75) is 103 Å². The molecule has 0 aromatic heterocycles. The molecule has 0 radical (unpaired) electrons. The van der Waals surface area contributed by atoms with Crippen molar-refractivity contribution >= 4 is 5.97 Å². The van der Waals surface area contributed by atoms with E-state index < -0.39 is 12.1 Å². The maximum absolute atomic E-state index is 11.5. The molecule has 0 spiro atoms. The zero-order valence-corrected chi connectivity index (χ0v) is 19.1. The molecule has 1 aromatic rings. The van der Waals surface area contributed by atoms with E-state index in [1.54, 1.807) is 6.92 Å². The Kier molecular flexibility index (Phi) is 16.0. The Bertz CT molecular complexity index is 555. The number of hydrogen-bond donors (Lipinski definition) is 1. The molecule has 0 saturated heterocycles. The Morgan fingerprint density at radius 1 is 0.933 bits per heavy atom. The van der Waals surface area contributed by atoms with E-state index in [9.17, 15) is 9.90 Å². The van der Waals surface area contributed by atoms with Crippen LogP contribution in [0, 0.1) is 0 Å². The number of aliphatic hydroxyl groups excluding tert-OH is 1. The molecular formula is C26H42O4. The molecule has 170 valence electrons. The van der Waals surface area contributed by atoms with Gasteiger partial charge in [-0.25, -0.2) is 4.79 Å². The average molecular weight is 419 g/mol. The van der Waals surface area contributed by atoms with Gasteiger partial charge >= 0.3 is 5.97 Å². The number of ether oxygens (including phenoxy) is 2. The van der Waals surface area contributed by atoms with Crippen molar-refractivity contribution in [2.75, 3.05) is 6.61 Å². The summed E-state index contributed by atoms with van der Waals surface area (Å²) in [6.07, 6.45) is 15.1. The Morgan fingerprint density at radius 2 is 1.53 bits per heavy atom. The number of unbranched alkanes of at least 4 members (excludes halogenated alkanes) is 9. The highest BCUT2D eigenvalue weighted by atomic mass is 16.5. The van der Waals surface area contributed by atoms with E-state index in [-0.39, 0.29) is 6.10 Å². The molecule has 0 heterocycles. The maximum Gasteiger partial charge on any atom is 0.330 e. The van der Waals surface area contributed by atoms with Crippen LogP contribution < -0.4 is 0 Å². The first-order chi connectivity index (χ1) is 14.7. The van der Waals surface area contributed by atoms with Gasteiger partial charge in [-0.3, -0.25) is 0 Å². The van der Waals surface area contributed by atoms with E-state index in [1.807, 2.05) is 30.3 Å². The molecular weight excluding hydrogens is 376 g/mol. The smallest absolute Gasteiger partial charge is 0.330 e. The van der Waals surface area contributed by atoms with Crippen molar-refractivity contribution in [3.05, 3.63) is 48.0 Å². The lowest BCUT2D eigenvalue weighted by Gasteiger charge is -2.21. The minimum Gasteiger partial charge on any atom is -0.463 e. The van der Waals surface area contributed by atoms with Crippen molar-refractivity contribution in [1.29, 1.82) is 0 Å². The zero-order valence-electron chi connectivity index (χ0n) is 19.1. The highest BCUT2D eigenvalue weighted by Gasteiger charge is 2.18. The van der Waals surface area contributed by atoms with Crippen LogP contribution in [0.2, 0.25) is 0 Å². The fourth-order valence-corrected chi connectivity index (χ4v) is 3.45. The van der Waals surface area contributed by atoms with E-state index in [1.165, 1.54) is 63.5 Å². The summed E-state index contributed by atoms with van der Waals surface area (Å²) in [6, 6.07) is 9.96. The number of aliphatic hydroxyl groups is 1. The topological polar surface area (TPSA) is 55.8 Å². The van der Waals surface area contributed by atoms with Gasteiger partial charge in [-0.05, 0) is 25.0 Å². The molecule has 0 aliphatic carbocycles. The summed E-state index contributed by atoms with van der Waals surface area (Å²) in [5.74, 6) is -0.433. The first-order valence-corrected chi connectivity index (χ1v) is 11.9. The highest BCUT2D eigenvalue weighted by molar-refractivity contribution is 5.81. The number of carbonyl (C=O) groups is 1. The van der Waals surface area contributed by atoms with Crippen LogP contribution in [0.25, 0.3) is 0 Å². The van der Waals surface area contributed by atoms with Crippen LogP contribution in [-0.4, -0.2) is 29.9 Å². The normalized spacial score (nSPS) is 13.4. The molecule has 0 bridgehead atoms. The monoisotopic (exact) mass is 418 g/mol. The predicted molar refractivity (Wildman–Crippen MR) is 123 cm³/mol. The molecule has 0 aliphatic rings. The largest absolute Gasteiger partial charge is 0.463 e. The summed E-state index contributed by atoms with van der Waals surface area (Å²) in [5.41, 5.74) is 1.08. The van der Waals surface area contributed by atoms with Crippen LogP contribution in [0.5, 0.6) is 0 Å². The SMILES string of the molecule is CCCCCCCCCCCC[C@@H](OCc1ccccc1)[C@H](O)/C=C/C(=O)OCC. The number of benzene rings is 1. The molecule has 0 aliphatic heterocycles. The van der Waals surface area contributed by atoms with Gasteiger partial charge in [0, 0.05) is 6.08 Å². The van der Waals surface area contributed by atoms with Crippen molar-refractivity contribution in [3.63, 3.8) is 0 Å². The molecule has 0 fully saturated rings. The second-order valence-electron chi connectivity index (χ2n) is 7.91. The Labute approximate surface area is 183 Å². The van der Waals surface area contributed by atoms with Crippen molar-refractivity contribution < 1.29 is 19.4 Å². The lowest BCUT2D eigenvalue weighted by molar-refractivity contribution is -0.137. The first-order valence-electron chi connectivity index (χ1n) is 11.9. The van der Waals surface area contributed by atoms with Gasteiger partial charge in [0.25, 0.3) is 0 Å².